The van der Waals surface area contributed by atoms with Gasteiger partial charge in [0.05, 0.1) is 31.4 Å². The summed E-state index contributed by atoms with van der Waals surface area (Å²) >= 11 is 6.35. The number of hydrogen-bond acceptors (Lipinski definition) is 6. The number of anilines is 2. The van der Waals surface area contributed by atoms with Crippen molar-refractivity contribution in [1.82, 2.24) is 10.2 Å². The number of piperazine rings is 1. The topological polar surface area (TPSA) is 113 Å². The molecule has 3 aromatic carbocycles. The van der Waals surface area contributed by atoms with Gasteiger partial charge in [-0.2, -0.15) is 0 Å². The number of carbonyl (C=O) groups excluding carboxylic acids is 3. The number of nitrogens with zero attached hydrogens (tertiary/aromatic N) is 3. The molecular formula is C35H37ClN4O5. The second kappa shape index (κ2) is 12.8. The van der Waals surface area contributed by atoms with E-state index in [1.54, 1.807) is 52.0 Å². The maximum absolute atomic E-state index is 14.0. The molecule has 3 aliphatic rings. The van der Waals surface area contributed by atoms with Crippen molar-refractivity contribution in [2.45, 2.75) is 44.5 Å². The Hall–Kier alpha value is -4.02. The molecule has 234 valence electrons. The second-order valence-electron chi connectivity index (χ2n) is 12.0. The first-order chi connectivity index (χ1) is 21.7. The molecule has 0 spiro atoms. The largest absolute Gasteiger partial charge is 0.394 e. The summed E-state index contributed by atoms with van der Waals surface area (Å²) in [5.74, 6) is -1.31. The monoisotopic (exact) mass is 628 g/mol. The molecule has 0 bridgehead atoms. The van der Waals surface area contributed by atoms with Crippen LogP contribution in [0.1, 0.15) is 35.6 Å². The molecule has 3 aromatic rings. The number of benzene rings is 3. The van der Waals surface area contributed by atoms with Gasteiger partial charge in [-0.15, -0.1) is 0 Å². The molecule has 3 aliphatic heterocycles. The van der Waals surface area contributed by atoms with Crippen LogP contribution in [0.5, 0.6) is 0 Å². The standard InChI is InChI=1S/C35H37ClN4O5/c1-23(6-4-11-32(42)39-21-26-9-3-2-8-25(26)17-29(39)22-41)35(45)30-18-27(36)12-13-31(30)40(34(35)44)20-24-7-5-10-28(16-24)38-15-14-37-19-33(38)43/h2-10,12-13,16,18,23,29,37,41,45H,11,14-15,17,19-22H2,1H3/b6-4+/t23-,29+,35+/m1/s1. The molecule has 0 saturated carbocycles. The summed E-state index contributed by atoms with van der Waals surface area (Å²) in [6.45, 7) is 3.78. The van der Waals surface area contributed by atoms with Gasteiger partial charge in [0, 0.05) is 48.2 Å². The Morgan fingerprint density at radius 3 is 2.69 bits per heavy atom. The van der Waals surface area contributed by atoms with Crippen LogP contribution in [-0.2, 0) is 39.5 Å². The summed E-state index contributed by atoms with van der Waals surface area (Å²) < 4.78 is 0. The fourth-order valence-electron chi connectivity index (χ4n) is 6.63. The van der Waals surface area contributed by atoms with Gasteiger partial charge in [0.25, 0.3) is 5.91 Å². The summed E-state index contributed by atoms with van der Waals surface area (Å²) in [6.07, 6.45) is 4.05. The predicted octanol–water partition coefficient (Wildman–Crippen LogP) is 3.54. The third kappa shape index (κ3) is 5.89. The fraction of sp³-hybridized carbons (Fsp3) is 0.343. The molecular weight excluding hydrogens is 592 g/mol. The number of fused-ring (bicyclic) bond motifs is 2. The number of halogens is 1. The minimum Gasteiger partial charge on any atom is -0.394 e. The van der Waals surface area contributed by atoms with Crippen LogP contribution in [0.25, 0.3) is 0 Å². The molecule has 0 radical (unpaired) electrons. The van der Waals surface area contributed by atoms with Crippen molar-refractivity contribution in [3.8, 4) is 0 Å². The van der Waals surface area contributed by atoms with Crippen molar-refractivity contribution in [3.05, 3.63) is 106 Å². The Balaban J connectivity index is 1.20. The Bertz CT molecular complexity index is 1660. The molecule has 3 amide bonds. The van der Waals surface area contributed by atoms with E-state index >= 15 is 0 Å². The Kier molecular flexibility index (Phi) is 8.79. The van der Waals surface area contributed by atoms with E-state index in [9.17, 15) is 24.6 Å². The van der Waals surface area contributed by atoms with Crippen molar-refractivity contribution in [2.75, 3.05) is 36.0 Å². The highest BCUT2D eigenvalue weighted by molar-refractivity contribution is 6.31. The van der Waals surface area contributed by atoms with Crippen molar-refractivity contribution < 1.29 is 24.6 Å². The van der Waals surface area contributed by atoms with Gasteiger partial charge in [-0.3, -0.25) is 14.4 Å². The second-order valence-corrected chi connectivity index (χ2v) is 12.4. The van der Waals surface area contributed by atoms with Gasteiger partial charge in [-0.1, -0.05) is 67.1 Å². The van der Waals surface area contributed by atoms with Crippen LogP contribution >= 0.6 is 11.6 Å². The lowest BCUT2D eigenvalue weighted by atomic mass is 9.83. The number of rotatable bonds is 8. The van der Waals surface area contributed by atoms with E-state index in [1.165, 1.54) is 0 Å². The van der Waals surface area contributed by atoms with E-state index in [1.807, 2.05) is 48.5 Å². The molecule has 3 heterocycles. The van der Waals surface area contributed by atoms with Crippen molar-refractivity contribution >= 4 is 40.7 Å². The third-order valence-electron chi connectivity index (χ3n) is 9.15. The van der Waals surface area contributed by atoms with E-state index in [0.717, 1.165) is 22.4 Å². The summed E-state index contributed by atoms with van der Waals surface area (Å²) in [4.78, 5) is 44.8. The Morgan fingerprint density at radius 1 is 1.11 bits per heavy atom. The first-order valence-electron chi connectivity index (χ1n) is 15.3. The lowest BCUT2D eigenvalue weighted by molar-refractivity contribution is -0.139. The van der Waals surface area contributed by atoms with Gasteiger partial charge in [0.2, 0.25) is 11.8 Å². The van der Waals surface area contributed by atoms with Gasteiger partial charge >= 0.3 is 0 Å². The first-order valence-corrected chi connectivity index (χ1v) is 15.7. The molecule has 45 heavy (non-hydrogen) atoms. The lowest BCUT2D eigenvalue weighted by Gasteiger charge is -2.36. The highest BCUT2D eigenvalue weighted by Crippen LogP contribution is 2.47. The van der Waals surface area contributed by atoms with Crippen LogP contribution in [0, 0.1) is 5.92 Å². The predicted molar refractivity (Wildman–Crippen MR) is 173 cm³/mol. The molecule has 10 heteroatoms. The first kappa shape index (κ1) is 31.0. The normalized spacial score (nSPS) is 22.1. The molecule has 6 rings (SSSR count). The Morgan fingerprint density at radius 2 is 1.91 bits per heavy atom. The fourth-order valence-corrected chi connectivity index (χ4v) is 6.81. The van der Waals surface area contributed by atoms with E-state index < -0.39 is 17.4 Å². The smallest absolute Gasteiger partial charge is 0.264 e. The maximum Gasteiger partial charge on any atom is 0.264 e. The zero-order valence-electron chi connectivity index (χ0n) is 25.2. The maximum atomic E-state index is 14.0. The number of aliphatic hydroxyl groups is 2. The van der Waals surface area contributed by atoms with Crippen LogP contribution in [0.15, 0.2) is 78.9 Å². The lowest BCUT2D eigenvalue weighted by Crippen LogP contribution is -2.48. The summed E-state index contributed by atoms with van der Waals surface area (Å²) in [5.41, 5.74) is 2.85. The SMILES string of the molecule is C[C@H](/C=C/CC(=O)N1Cc2ccccc2C[C@H]1CO)[C@@]1(O)C(=O)N(Cc2cccc(N3CCNCC3=O)c2)c2ccc(Cl)cc21. The minimum atomic E-state index is -1.90. The van der Waals surface area contributed by atoms with Crippen molar-refractivity contribution in [2.24, 2.45) is 5.92 Å². The van der Waals surface area contributed by atoms with Crippen molar-refractivity contribution in [1.29, 1.82) is 0 Å². The van der Waals surface area contributed by atoms with Crippen LogP contribution in [0.2, 0.25) is 5.02 Å². The minimum absolute atomic E-state index is 0.0129. The van der Waals surface area contributed by atoms with E-state index in [-0.39, 0.29) is 44.0 Å². The van der Waals surface area contributed by atoms with Crippen LogP contribution in [0.4, 0.5) is 11.4 Å². The molecule has 1 fully saturated rings. The molecule has 0 aliphatic carbocycles. The number of carbonyl (C=O) groups is 3. The zero-order valence-corrected chi connectivity index (χ0v) is 25.9. The molecule has 3 N–H and O–H groups in total. The van der Waals surface area contributed by atoms with Gasteiger partial charge in [0.1, 0.15) is 0 Å². The third-order valence-corrected chi connectivity index (χ3v) is 9.38. The summed E-state index contributed by atoms with van der Waals surface area (Å²) in [6, 6.07) is 20.2. The van der Waals surface area contributed by atoms with Gasteiger partial charge in [-0.05, 0) is 53.4 Å². The zero-order chi connectivity index (χ0) is 31.7. The highest BCUT2D eigenvalue weighted by Gasteiger charge is 2.52. The summed E-state index contributed by atoms with van der Waals surface area (Å²) in [5, 5.41) is 25.5. The van der Waals surface area contributed by atoms with Crippen LogP contribution < -0.4 is 15.1 Å². The molecule has 3 atom stereocenters. The highest BCUT2D eigenvalue weighted by atomic mass is 35.5. The van der Waals surface area contributed by atoms with E-state index in [2.05, 4.69) is 5.32 Å². The number of amides is 3. The number of hydrogen-bond donors (Lipinski definition) is 3. The van der Waals surface area contributed by atoms with Gasteiger partial charge in [0.15, 0.2) is 5.60 Å². The number of aliphatic hydroxyl groups excluding tert-OH is 1. The number of nitrogens with one attached hydrogen (secondary N) is 1. The van der Waals surface area contributed by atoms with Gasteiger partial charge in [-0.25, -0.2) is 0 Å². The van der Waals surface area contributed by atoms with Gasteiger partial charge < -0.3 is 30.2 Å². The van der Waals surface area contributed by atoms with Crippen LogP contribution in [0.3, 0.4) is 0 Å². The average Bonchev–Trinajstić information content (AvgIpc) is 3.26. The molecule has 9 nitrogen and oxygen atoms in total. The van der Waals surface area contributed by atoms with Crippen LogP contribution in [-0.4, -0.2) is 65.1 Å². The average molecular weight is 629 g/mol. The van der Waals surface area contributed by atoms with E-state index in [0.29, 0.717) is 42.3 Å². The Labute approximate surface area is 267 Å². The quantitative estimate of drug-likeness (QED) is 0.329. The molecule has 1 saturated heterocycles. The van der Waals surface area contributed by atoms with E-state index in [4.69, 9.17) is 11.6 Å². The summed E-state index contributed by atoms with van der Waals surface area (Å²) in [7, 11) is 0. The molecule has 0 unspecified atom stereocenters. The van der Waals surface area contributed by atoms with Crippen molar-refractivity contribution in [3.63, 3.8) is 0 Å². The molecule has 0 aromatic heterocycles.